The molecule has 27 heavy (non-hydrogen) atoms. The van der Waals surface area contributed by atoms with Gasteiger partial charge >= 0.3 is 0 Å². The standard InChI is InChI=1S/C20H17ClFNO3S/c1-26-20-13-6-5-12-19(20)23(14-16-17(21)10-7-11-18(16)22)27(24,25)15-8-3-2-4-9-15/h2-13H,14H2,1H3. The van der Waals surface area contributed by atoms with Gasteiger partial charge in [0.05, 0.1) is 24.2 Å². The molecule has 7 heteroatoms. The minimum Gasteiger partial charge on any atom is -0.495 e. The van der Waals surface area contributed by atoms with Crippen LogP contribution in [0.5, 0.6) is 5.75 Å². The summed E-state index contributed by atoms with van der Waals surface area (Å²) in [4.78, 5) is 0.0865. The number of methoxy groups -OCH3 is 1. The summed E-state index contributed by atoms with van der Waals surface area (Å²) < 4.78 is 47.5. The number of anilines is 1. The van der Waals surface area contributed by atoms with Crippen LogP contribution < -0.4 is 9.04 Å². The molecule has 3 aromatic rings. The van der Waals surface area contributed by atoms with Crippen LogP contribution in [0.15, 0.2) is 77.7 Å². The van der Waals surface area contributed by atoms with Gasteiger partial charge in [-0.15, -0.1) is 0 Å². The molecule has 0 heterocycles. The Bertz CT molecular complexity index is 1020. The molecule has 3 rings (SSSR count). The van der Waals surface area contributed by atoms with Crippen LogP contribution in [0.2, 0.25) is 5.02 Å². The minimum atomic E-state index is -3.99. The third kappa shape index (κ3) is 3.91. The normalized spacial score (nSPS) is 11.2. The van der Waals surface area contributed by atoms with Gasteiger partial charge in [0.2, 0.25) is 0 Å². The van der Waals surface area contributed by atoms with E-state index in [1.807, 2.05) is 0 Å². The number of nitrogens with zero attached hydrogens (tertiary/aromatic N) is 1. The average molecular weight is 406 g/mol. The summed E-state index contributed by atoms with van der Waals surface area (Å²) in [6, 6.07) is 18.9. The molecular weight excluding hydrogens is 389 g/mol. The molecule has 0 saturated heterocycles. The molecule has 0 aliphatic carbocycles. The summed E-state index contributed by atoms with van der Waals surface area (Å²) in [6.45, 7) is -0.275. The van der Waals surface area contributed by atoms with E-state index in [4.69, 9.17) is 16.3 Å². The van der Waals surface area contributed by atoms with E-state index >= 15 is 0 Å². The van der Waals surface area contributed by atoms with Gasteiger partial charge in [0.25, 0.3) is 10.0 Å². The summed E-state index contributed by atoms with van der Waals surface area (Å²) in [6.07, 6.45) is 0. The topological polar surface area (TPSA) is 46.6 Å². The number of hydrogen-bond acceptors (Lipinski definition) is 3. The lowest BCUT2D eigenvalue weighted by atomic mass is 10.2. The first-order valence-electron chi connectivity index (χ1n) is 8.09. The van der Waals surface area contributed by atoms with E-state index in [-0.39, 0.29) is 22.0 Å². The van der Waals surface area contributed by atoms with E-state index in [2.05, 4.69) is 0 Å². The molecule has 0 unspecified atom stereocenters. The van der Waals surface area contributed by atoms with Crippen LogP contribution >= 0.6 is 11.6 Å². The number of para-hydroxylation sites is 2. The van der Waals surface area contributed by atoms with Crippen molar-refractivity contribution in [1.29, 1.82) is 0 Å². The molecular formula is C20H17ClFNO3S. The summed E-state index contributed by atoms with van der Waals surface area (Å²) in [5, 5.41) is 0.151. The third-order valence-electron chi connectivity index (χ3n) is 4.05. The van der Waals surface area contributed by atoms with Crippen LogP contribution in [0.4, 0.5) is 10.1 Å². The van der Waals surface area contributed by atoms with Gasteiger partial charge in [0.1, 0.15) is 11.6 Å². The van der Waals surface area contributed by atoms with Crippen LogP contribution in [-0.2, 0) is 16.6 Å². The molecule has 3 aromatic carbocycles. The average Bonchev–Trinajstić information content (AvgIpc) is 2.68. The molecule has 0 fully saturated rings. The SMILES string of the molecule is COc1ccccc1N(Cc1c(F)cccc1Cl)S(=O)(=O)c1ccccc1. The molecule has 0 saturated carbocycles. The Morgan fingerprint density at radius 2 is 1.63 bits per heavy atom. The molecule has 0 atom stereocenters. The lowest BCUT2D eigenvalue weighted by Crippen LogP contribution is -2.31. The zero-order valence-corrected chi connectivity index (χ0v) is 16.0. The maximum atomic E-state index is 14.4. The smallest absolute Gasteiger partial charge is 0.264 e. The maximum absolute atomic E-state index is 14.4. The van der Waals surface area contributed by atoms with E-state index in [0.29, 0.717) is 11.4 Å². The van der Waals surface area contributed by atoms with Crippen LogP contribution in [-0.4, -0.2) is 15.5 Å². The fourth-order valence-electron chi connectivity index (χ4n) is 2.68. The van der Waals surface area contributed by atoms with Gasteiger partial charge in [-0.3, -0.25) is 4.31 Å². The van der Waals surface area contributed by atoms with Crippen molar-refractivity contribution in [2.24, 2.45) is 0 Å². The fourth-order valence-corrected chi connectivity index (χ4v) is 4.37. The zero-order valence-electron chi connectivity index (χ0n) is 14.5. The molecule has 0 spiro atoms. The van der Waals surface area contributed by atoms with Gasteiger partial charge in [0.15, 0.2) is 0 Å². The minimum absolute atomic E-state index is 0.0865. The molecule has 140 valence electrons. The highest BCUT2D eigenvalue weighted by molar-refractivity contribution is 7.92. The van der Waals surface area contributed by atoms with Crippen LogP contribution in [0.3, 0.4) is 0 Å². The fraction of sp³-hybridized carbons (Fsp3) is 0.100. The first-order valence-corrected chi connectivity index (χ1v) is 9.90. The van der Waals surface area contributed by atoms with Crippen molar-refractivity contribution >= 4 is 27.3 Å². The first kappa shape index (κ1) is 19.2. The predicted molar refractivity (Wildman–Crippen MR) is 104 cm³/mol. The molecule has 0 aromatic heterocycles. The number of rotatable bonds is 6. The van der Waals surface area contributed by atoms with Crippen LogP contribution in [0.1, 0.15) is 5.56 Å². The highest BCUT2D eigenvalue weighted by atomic mass is 35.5. The highest BCUT2D eigenvalue weighted by Gasteiger charge is 2.28. The summed E-state index contributed by atoms with van der Waals surface area (Å²) in [7, 11) is -2.54. The van der Waals surface area contributed by atoms with Crippen molar-refractivity contribution in [1.82, 2.24) is 0 Å². The van der Waals surface area contributed by atoms with Gasteiger partial charge < -0.3 is 4.74 Å². The lowest BCUT2D eigenvalue weighted by molar-refractivity contribution is 0.415. The number of halogens is 2. The van der Waals surface area contributed by atoms with E-state index in [1.54, 1.807) is 42.5 Å². The van der Waals surface area contributed by atoms with Crippen molar-refractivity contribution in [2.75, 3.05) is 11.4 Å². The van der Waals surface area contributed by atoms with E-state index in [1.165, 1.54) is 37.4 Å². The van der Waals surface area contributed by atoms with Crippen molar-refractivity contribution < 1.29 is 17.5 Å². The predicted octanol–water partition coefficient (Wildman–Crippen LogP) is 4.88. The Morgan fingerprint density at radius 1 is 0.963 bits per heavy atom. The quantitative estimate of drug-likeness (QED) is 0.587. The zero-order chi connectivity index (χ0) is 19.4. The second-order valence-corrected chi connectivity index (χ2v) is 7.97. The Labute approximate surface area is 162 Å². The van der Waals surface area contributed by atoms with Gasteiger partial charge in [-0.1, -0.05) is 48.0 Å². The Morgan fingerprint density at radius 3 is 2.30 bits per heavy atom. The van der Waals surface area contributed by atoms with Gasteiger partial charge in [-0.2, -0.15) is 0 Å². The Balaban J connectivity index is 2.18. The van der Waals surface area contributed by atoms with Crippen LogP contribution in [0, 0.1) is 5.82 Å². The maximum Gasteiger partial charge on any atom is 0.264 e. The second kappa shape index (κ2) is 7.98. The van der Waals surface area contributed by atoms with Crippen molar-refractivity contribution in [2.45, 2.75) is 11.4 Å². The number of hydrogen-bond donors (Lipinski definition) is 0. The summed E-state index contributed by atoms with van der Waals surface area (Å²) >= 11 is 6.14. The third-order valence-corrected chi connectivity index (χ3v) is 6.18. The summed E-state index contributed by atoms with van der Waals surface area (Å²) in [5.41, 5.74) is 0.382. The number of benzene rings is 3. The van der Waals surface area contributed by atoms with E-state index < -0.39 is 15.8 Å². The molecule has 0 aliphatic rings. The molecule has 0 amide bonds. The van der Waals surface area contributed by atoms with Crippen molar-refractivity contribution in [3.05, 3.63) is 89.2 Å². The van der Waals surface area contributed by atoms with Crippen molar-refractivity contribution in [3.63, 3.8) is 0 Å². The highest BCUT2D eigenvalue weighted by Crippen LogP contribution is 2.35. The number of ether oxygens (including phenoxy) is 1. The molecule has 0 radical (unpaired) electrons. The van der Waals surface area contributed by atoms with Gasteiger partial charge in [-0.25, -0.2) is 12.8 Å². The van der Waals surface area contributed by atoms with E-state index in [0.717, 1.165) is 4.31 Å². The molecule has 4 nitrogen and oxygen atoms in total. The Kier molecular flexibility index (Phi) is 5.68. The first-order chi connectivity index (χ1) is 12.9. The Hall–Kier alpha value is -2.57. The van der Waals surface area contributed by atoms with Crippen LogP contribution in [0.25, 0.3) is 0 Å². The lowest BCUT2D eigenvalue weighted by Gasteiger charge is -2.26. The van der Waals surface area contributed by atoms with Gasteiger partial charge in [-0.05, 0) is 36.4 Å². The van der Waals surface area contributed by atoms with Gasteiger partial charge in [0, 0.05) is 10.6 Å². The van der Waals surface area contributed by atoms with Crippen molar-refractivity contribution in [3.8, 4) is 5.75 Å². The molecule has 0 aliphatic heterocycles. The van der Waals surface area contributed by atoms with E-state index in [9.17, 15) is 12.8 Å². The largest absolute Gasteiger partial charge is 0.495 e. The summed E-state index contributed by atoms with van der Waals surface area (Å²) in [5.74, 6) is -0.227. The second-order valence-electron chi connectivity index (χ2n) is 5.70. The number of sulfonamides is 1. The monoisotopic (exact) mass is 405 g/mol. The molecule has 0 N–H and O–H groups in total. The molecule has 0 bridgehead atoms.